The minimum Gasteiger partial charge on any atom is -0.479 e. The van der Waals surface area contributed by atoms with E-state index in [4.69, 9.17) is 4.74 Å². The van der Waals surface area contributed by atoms with Crippen molar-refractivity contribution >= 4 is 35.2 Å². The second-order valence-corrected chi connectivity index (χ2v) is 6.64. The van der Waals surface area contributed by atoms with Crippen LogP contribution >= 0.6 is 11.8 Å². The van der Waals surface area contributed by atoms with Gasteiger partial charge in [0.25, 0.3) is 5.91 Å². The van der Waals surface area contributed by atoms with Crippen LogP contribution < -0.4 is 15.4 Å². The molecule has 2 aliphatic heterocycles. The molecule has 0 radical (unpaired) electrons. The predicted molar refractivity (Wildman–Crippen MR) is 84.6 cm³/mol. The summed E-state index contributed by atoms with van der Waals surface area (Å²) in [5.41, 5.74) is -0.687. The normalized spacial score (nSPS) is 25.9. The van der Waals surface area contributed by atoms with Crippen LogP contribution in [-0.2, 0) is 14.4 Å². The number of nitrogens with one attached hydrogen (secondary N) is 2. The zero-order chi connectivity index (χ0) is 16.4. The molecule has 8 heteroatoms. The predicted octanol–water partition coefficient (Wildman–Crippen LogP) is 0.853. The van der Waals surface area contributed by atoms with Crippen LogP contribution in [0.15, 0.2) is 24.3 Å². The van der Waals surface area contributed by atoms with Gasteiger partial charge < -0.3 is 20.5 Å². The van der Waals surface area contributed by atoms with Crippen LogP contribution in [-0.4, -0.2) is 46.0 Å². The van der Waals surface area contributed by atoms with Gasteiger partial charge in [0.2, 0.25) is 5.91 Å². The van der Waals surface area contributed by atoms with Gasteiger partial charge in [0.05, 0.1) is 12.1 Å². The highest BCUT2D eigenvalue weighted by Crippen LogP contribution is 2.31. The fraction of sp³-hybridized carbons (Fsp3) is 0.400. The van der Waals surface area contributed by atoms with E-state index in [1.165, 1.54) is 11.8 Å². The maximum Gasteiger partial charge on any atom is 0.330 e. The van der Waals surface area contributed by atoms with Gasteiger partial charge in [0, 0.05) is 5.75 Å². The number of anilines is 1. The number of carbonyl (C=O) groups excluding carboxylic acids is 2. The number of amides is 2. The molecule has 0 aromatic heterocycles. The molecule has 122 valence electrons. The first-order valence-electron chi connectivity index (χ1n) is 7.19. The number of carbonyl (C=O) groups is 3. The minimum atomic E-state index is -1.25. The summed E-state index contributed by atoms with van der Waals surface area (Å²) < 4.78 is 5.55. The van der Waals surface area contributed by atoms with Crippen molar-refractivity contribution in [2.24, 2.45) is 0 Å². The van der Waals surface area contributed by atoms with Gasteiger partial charge in [-0.3, -0.25) is 9.59 Å². The van der Waals surface area contributed by atoms with Gasteiger partial charge in [-0.05, 0) is 24.3 Å². The number of hydrogen-bond donors (Lipinski definition) is 3. The fourth-order valence-corrected chi connectivity index (χ4v) is 3.92. The molecule has 2 amide bonds. The van der Waals surface area contributed by atoms with Crippen molar-refractivity contribution in [3.8, 4) is 5.75 Å². The summed E-state index contributed by atoms with van der Waals surface area (Å²) >= 11 is 1.48. The number of benzene rings is 1. The van der Waals surface area contributed by atoms with Crippen LogP contribution in [0.2, 0.25) is 0 Å². The first-order chi connectivity index (χ1) is 11.0. The molecule has 23 heavy (non-hydrogen) atoms. The van der Waals surface area contributed by atoms with Crippen molar-refractivity contribution in [2.75, 3.05) is 16.8 Å². The van der Waals surface area contributed by atoms with Gasteiger partial charge in [-0.25, -0.2) is 4.79 Å². The van der Waals surface area contributed by atoms with E-state index in [-0.39, 0.29) is 6.42 Å². The van der Waals surface area contributed by atoms with Crippen molar-refractivity contribution in [1.29, 1.82) is 0 Å². The summed E-state index contributed by atoms with van der Waals surface area (Å²) in [5.74, 6) is -0.461. The van der Waals surface area contributed by atoms with Gasteiger partial charge in [-0.2, -0.15) is 11.8 Å². The van der Waals surface area contributed by atoms with E-state index in [9.17, 15) is 19.5 Å². The Morgan fingerprint density at radius 2 is 2.22 bits per heavy atom. The van der Waals surface area contributed by atoms with Crippen molar-refractivity contribution < 1.29 is 24.2 Å². The monoisotopic (exact) mass is 336 g/mol. The van der Waals surface area contributed by atoms with E-state index < -0.39 is 29.4 Å². The molecule has 0 saturated carbocycles. The molecule has 2 heterocycles. The topological polar surface area (TPSA) is 105 Å². The zero-order valence-electron chi connectivity index (χ0n) is 12.2. The Bertz CT molecular complexity index is 657. The Balaban J connectivity index is 1.66. The second kappa shape index (κ2) is 6.11. The lowest BCUT2D eigenvalue weighted by atomic mass is 9.98. The van der Waals surface area contributed by atoms with Gasteiger partial charge >= 0.3 is 5.97 Å². The van der Waals surface area contributed by atoms with Gasteiger partial charge in [0.1, 0.15) is 11.3 Å². The molecule has 0 spiro atoms. The summed E-state index contributed by atoms with van der Waals surface area (Å²) in [4.78, 5) is 35.6. The Morgan fingerprint density at radius 3 is 2.91 bits per heavy atom. The van der Waals surface area contributed by atoms with Crippen LogP contribution in [0.4, 0.5) is 5.69 Å². The first-order valence-corrected chi connectivity index (χ1v) is 8.34. The molecule has 1 saturated heterocycles. The molecule has 2 atom stereocenters. The highest BCUT2D eigenvalue weighted by molar-refractivity contribution is 7.99. The number of thioether (sulfide) groups is 1. The third-order valence-corrected chi connectivity index (χ3v) is 5.08. The first kappa shape index (κ1) is 15.7. The molecule has 1 aromatic carbocycles. The largest absolute Gasteiger partial charge is 0.479 e. The van der Waals surface area contributed by atoms with E-state index in [1.54, 1.807) is 24.3 Å². The summed E-state index contributed by atoms with van der Waals surface area (Å²) in [6.07, 6.45) is -0.816. The van der Waals surface area contributed by atoms with Gasteiger partial charge in [-0.15, -0.1) is 0 Å². The third kappa shape index (κ3) is 3.12. The summed E-state index contributed by atoms with van der Waals surface area (Å²) in [6, 6.07) is 6.94. The fourth-order valence-electron chi connectivity index (χ4n) is 2.60. The second-order valence-electron chi connectivity index (χ2n) is 5.53. The standard InChI is InChI=1S/C15H16N2O5S/c18-12(17-15(14(20)21)5-6-23-8-15)7-11-13(19)16-9-3-1-2-4-10(9)22-11/h1-4,11H,5-8H2,(H,16,19)(H,17,18)(H,20,21). The highest BCUT2D eigenvalue weighted by Gasteiger charge is 2.44. The molecule has 2 aliphatic rings. The van der Waals surface area contributed by atoms with Crippen molar-refractivity contribution in [2.45, 2.75) is 24.5 Å². The lowest BCUT2D eigenvalue weighted by Crippen LogP contribution is -2.56. The Hall–Kier alpha value is -2.22. The van der Waals surface area contributed by atoms with E-state index in [2.05, 4.69) is 10.6 Å². The highest BCUT2D eigenvalue weighted by atomic mass is 32.2. The molecule has 3 N–H and O–H groups in total. The smallest absolute Gasteiger partial charge is 0.330 e. The summed E-state index contributed by atoms with van der Waals surface area (Å²) in [6.45, 7) is 0. The summed E-state index contributed by atoms with van der Waals surface area (Å²) in [5, 5.41) is 14.6. The summed E-state index contributed by atoms with van der Waals surface area (Å²) in [7, 11) is 0. The van der Waals surface area contributed by atoms with E-state index in [0.717, 1.165) is 0 Å². The van der Waals surface area contributed by atoms with Gasteiger partial charge in [0.15, 0.2) is 6.10 Å². The van der Waals surface area contributed by atoms with Crippen LogP contribution in [0.1, 0.15) is 12.8 Å². The molecule has 0 aliphatic carbocycles. The van der Waals surface area contributed by atoms with E-state index >= 15 is 0 Å². The number of para-hydroxylation sites is 2. The maximum atomic E-state index is 12.2. The molecule has 7 nitrogen and oxygen atoms in total. The molecule has 1 fully saturated rings. The minimum absolute atomic E-state index is 0.222. The number of ether oxygens (including phenoxy) is 1. The van der Waals surface area contributed by atoms with Crippen LogP contribution in [0.3, 0.4) is 0 Å². The molecule has 0 bridgehead atoms. The van der Waals surface area contributed by atoms with E-state index in [1.807, 2.05) is 0 Å². The Labute approximate surface area is 136 Å². The SMILES string of the molecule is O=C(CC1Oc2ccccc2NC1=O)NC1(C(=O)O)CCSC1. The van der Waals surface area contributed by atoms with E-state index in [0.29, 0.717) is 29.4 Å². The van der Waals surface area contributed by atoms with Crippen LogP contribution in [0.25, 0.3) is 0 Å². The number of rotatable bonds is 4. The molecule has 3 rings (SSSR count). The van der Waals surface area contributed by atoms with Gasteiger partial charge in [-0.1, -0.05) is 12.1 Å². The Kier molecular flexibility index (Phi) is 4.16. The van der Waals surface area contributed by atoms with Crippen LogP contribution in [0.5, 0.6) is 5.75 Å². The third-order valence-electron chi connectivity index (χ3n) is 3.89. The molecule has 2 unspecified atom stereocenters. The lowest BCUT2D eigenvalue weighted by molar-refractivity contribution is -0.146. The number of carboxylic acid groups (broad SMARTS) is 1. The van der Waals surface area contributed by atoms with Crippen LogP contribution in [0, 0.1) is 0 Å². The number of aliphatic carboxylic acids is 1. The lowest BCUT2D eigenvalue weighted by Gasteiger charge is -2.28. The van der Waals surface area contributed by atoms with Crippen molar-refractivity contribution in [3.05, 3.63) is 24.3 Å². The molecular formula is C15H16N2O5S. The average molecular weight is 336 g/mol. The van der Waals surface area contributed by atoms with Crippen molar-refractivity contribution in [3.63, 3.8) is 0 Å². The zero-order valence-corrected chi connectivity index (χ0v) is 13.0. The number of carboxylic acids is 1. The average Bonchev–Trinajstić information content (AvgIpc) is 2.98. The van der Waals surface area contributed by atoms with Crippen molar-refractivity contribution in [1.82, 2.24) is 5.32 Å². The molecule has 1 aromatic rings. The quantitative estimate of drug-likeness (QED) is 0.753. The number of hydrogen-bond acceptors (Lipinski definition) is 5. The Morgan fingerprint density at radius 1 is 1.43 bits per heavy atom. The maximum absolute atomic E-state index is 12.2. The molecular weight excluding hydrogens is 320 g/mol. The number of fused-ring (bicyclic) bond motifs is 1.